The largest absolute Gasteiger partial charge is 0.496 e. The Labute approximate surface area is 109 Å². The highest BCUT2D eigenvalue weighted by atomic mass is 16.5. The quantitative estimate of drug-likeness (QED) is 0.751. The molecule has 0 aliphatic carbocycles. The maximum Gasteiger partial charge on any atom is 0.122 e. The average Bonchev–Trinajstić information content (AvgIpc) is 2.45. The van der Waals surface area contributed by atoms with Crippen LogP contribution in [0.1, 0.15) is 30.4 Å². The molecule has 1 unspecified atom stereocenters. The zero-order valence-corrected chi connectivity index (χ0v) is 11.1. The third-order valence-corrected chi connectivity index (χ3v) is 3.38. The fraction of sp³-hybridized carbons (Fsp3) is 0.294. The summed E-state index contributed by atoms with van der Waals surface area (Å²) in [7, 11) is 1.74. The highest BCUT2D eigenvalue weighted by Gasteiger charge is 2.10. The van der Waals surface area contributed by atoms with E-state index in [1.54, 1.807) is 7.11 Å². The SMILES string of the molecule is COc1ccccc1C(C)CCc1ccccc1. The molecule has 94 valence electrons. The van der Waals surface area contributed by atoms with Gasteiger partial charge in [-0.2, -0.15) is 0 Å². The first-order valence-corrected chi connectivity index (χ1v) is 6.48. The van der Waals surface area contributed by atoms with Crippen molar-refractivity contribution in [1.82, 2.24) is 0 Å². The van der Waals surface area contributed by atoms with Gasteiger partial charge in [0.25, 0.3) is 0 Å². The Morgan fingerprint density at radius 1 is 0.944 bits per heavy atom. The van der Waals surface area contributed by atoms with Crippen molar-refractivity contribution < 1.29 is 4.74 Å². The van der Waals surface area contributed by atoms with Crippen molar-refractivity contribution in [2.45, 2.75) is 25.7 Å². The van der Waals surface area contributed by atoms with E-state index >= 15 is 0 Å². The van der Waals surface area contributed by atoms with Crippen LogP contribution in [0, 0.1) is 0 Å². The van der Waals surface area contributed by atoms with Gasteiger partial charge >= 0.3 is 0 Å². The van der Waals surface area contributed by atoms with Crippen LogP contribution in [0.15, 0.2) is 54.6 Å². The molecule has 0 heterocycles. The van der Waals surface area contributed by atoms with Gasteiger partial charge in [0.1, 0.15) is 5.75 Å². The highest BCUT2D eigenvalue weighted by Crippen LogP contribution is 2.29. The number of hydrogen-bond donors (Lipinski definition) is 0. The number of rotatable bonds is 5. The Hall–Kier alpha value is -1.76. The molecule has 0 radical (unpaired) electrons. The van der Waals surface area contributed by atoms with Crippen LogP contribution in [0.2, 0.25) is 0 Å². The Balaban J connectivity index is 2.01. The van der Waals surface area contributed by atoms with E-state index in [1.165, 1.54) is 11.1 Å². The maximum absolute atomic E-state index is 5.42. The van der Waals surface area contributed by atoms with Gasteiger partial charge in [0.05, 0.1) is 7.11 Å². The number of methoxy groups -OCH3 is 1. The lowest BCUT2D eigenvalue weighted by Gasteiger charge is -2.15. The summed E-state index contributed by atoms with van der Waals surface area (Å²) in [6.45, 7) is 2.26. The molecule has 0 N–H and O–H groups in total. The molecule has 18 heavy (non-hydrogen) atoms. The van der Waals surface area contributed by atoms with Crippen molar-refractivity contribution >= 4 is 0 Å². The average molecular weight is 240 g/mol. The molecule has 1 heteroatoms. The van der Waals surface area contributed by atoms with Crippen LogP contribution in [-0.4, -0.2) is 7.11 Å². The molecule has 0 saturated heterocycles. The van der Waals surface area contributed by atoms with E-state index in [0.29, 0.717) is 5.92 Å². The molecule has 0 aliphatic heterocycles. The molecule has 2 aromatic rings. The van der Waals surface area contributed by atoms with Crippen LogP contribution in [0.4, 0.5) is 0 Å². The van der Waals surface area contributed by atoms with Gasteiger partial charge in [-0.05, 0) is 36.0 Å². The monoisotopic (exact) mass is 240 g/mol. The fourth-order valence-corrected chi connectivity index (χ4v) is 2.26. The van der Waals surface area contributed by atoms with Gasteiger partial charge < -0.3 is 4.74 Å². The summed E-state index contributed by atoms with van der Waals surface area (Å²) >= 11 is 0. The van der Waals surface area contributed by atoms with Crippen molar-refractivity contribution in [2.24, 2.45) is 0 Å². The first kappa shape index (κ1) is 12.7. The molecule has 0 spiro atoms. The van der Waals surface area contributed by atoms with E-state index in [4.69, 9.17) is 4.74 Å². The summed E-state index contributed by atoms with van der Waals surface area (Å²) in [4.78, 5) is 0. The number of para-hydroxylation sites is 1. The van der Waals surface area contributed by atoms with Gasteiger partial charge in [-0.3, -0.25) is 0 Å². The molecule has 0 fully saturated rings. The summed E-state index contributed by atoms with van der Waals surface area (Å²) in [5, 5.41) is 0. The van der Waals surface area contributed by atoms with Gasteiger partial charge in [-0.25, -0.2) is 0 Å². The van der Waals surface area contributed by atoms with E-state index in [2.05, 4.69) is 49.4 Å². The van der Waals surface area contributed by atoms with Crippen LogP contribution in [0.5, 0.6) is 5.75 Å². The second-order valence-corrected chi connectivity index (χ2v) is 4.67. The summed E-state index contributed by atoms with van der Waals surface area (Å²) in [6, 6.07) is 18.9. The molecule has 1 nitrogen and oxygen atoms in total. The van der Waals surface area contributed by atoms with E-state index in [-0.39, 0.29) is 0 Å². The predicted molar refractivity (Wildman–Crippen MR) is 76.2 cm³/mol. The van der Waals surface area contributed by atoms with Crippen molar-refractivity contribution in [3.8, 4) is 5.75 Å². The molecule has 0 aromatic heterocycles. The Morgan fingerprint density at radius 2 is 1.61 bits per heavy atom. The number of aryl methyl sites for hydroxylation is 1. The minimum atomic E-state index is 0.515. The van der Waals surface area contributed by atoms with Crippen LogP contribution in [0.3, 0.4) is 0 Å². The lowest BCUT2D eigenvalue weighted by molar-refractivity contribution is 0.405. The smallest absolute Gasteiger partial charge is 0.122 e. The van der Waals surface area contributed by atoms with E-state index < -0.39 is 0 Å². The second kappa shape index (κ2) is 6.25. The first-order valence-electron chi connectivity index (χ1n) is 6.48. The van der Waals surface area contributed by atoms with Crippen molar-refractivity contribution in [2.75, 3.05) is 7.11 Å². The molecule has 0 amide bonds. The zero-order chi connectivity index (χ0) is 12.8. The van der Waals surface area contributed by atoms with Gasteiger partial charge in [-0.15, -0.1) is 0 Å². The summed E-state index contributed by atoms with van der Waals surface area (Å²) in [5.41, 5.74) is 2.70. The van der Waals surface area contributed by atoms with Gasteiger partial charge in [0.15, 0.2) is 0 Å². The lowest BCUT2D eigenvalue weighted by atomic mass is 9.93. The van der Waals surface area contributed by atoms with Crippen molar-refractivity contribution in [3.63, 3.8) is 0 Å². The molecular weight excluding hydrogens is 220 g/mol. The number of hydrogen-bond acceptors (Lipinski definition) is 1. The third-order valence-electron chi connectivity index (χ3n) is 3.38. The zero-order valence-electron chi connectivity index (χ0n) is 11.1. The lowest BCUT2D eigenvalue weighted by Crippen LogP contribution is -1.99. The molecule has 2 aromatic carbocycles. The summed E-state index contributed by atoms with van der Waals surface area (Å²) in [6.07, 6.45) is 2.25. The molecule has 0 aliphatic rings. The maximum atomic E-state index is 5.42. The summed E-state index contributed by atoms with van der Waals surface area (Å²) < 4.78 is 5.42. The van der Waals surface area contributed by atoms with E-state index in [0.717, 1.165) is 18.6 Å². The standard InChI is InChI=1S/C17H20O/c1-14(12-13-15-8-4-3-5-9-15)16-10-6-7-11-17(16)18-2/h3-11,14H,12-13H2,1-2H3. The fourth-order valence-electron chi connectivity index (χ4n) is 2.26. The second-order valence-electron chi connectivity index (χ2n) is 4.67. The van der Waals surface area contributed by atoms with Crippen molar-refractivity contribution in [3.05, 3.63) is 65.7 Å². The Bertz CT molecular complexity index is 476. The molecule has 2 rings (SSSR count). The van der Waals surface area contributed by atoms with Crippen LogP contribution < -0.4 is 4.74 Å². The van der Waals surface area contributed by atoms with Gasteiger partial charge in [-0.1, -0.05) is 55.5 Å². The topological polar surface area (TPSA) is 9.23 Å². The van der Waals surface area contributed by atoms with Gasteiger partial charge in [0.2, 0.25) is 0 Å². The Kier molecular flexibility index (Phi) is 4.40. The first-order chi connectivity index (χ1) is 8.81. The third kappa shape index (κ3) is 3.13. The van der Waals surface area contributed by atoms with Crippen LogP contribution in [-0.2, 0) is 6.42 Å². The molecule has 1 atom stereocenters. The van der Waals surface area contributed by atoms with Crippen molar-refractivity contribution in [1.29, 1.82) is 0 Å². The predicted octanol–water partition coefficient (Wildman–Crippen LogP) is 4.43. The molecule has 0 bridgehead atoms. The van der Waals surface area contributed by atoms with Gasteiger partial charge in [0, 0.05) is 0 Å². The molecular formula is C17H20O. The minimum absolute atomic E-state index is 0.515. The molecule has 0 saturated carbocycles. The Morgan fingerprint density at radius 3 is 2.33 bits per heavy atom. The minimum Gasteiger partial charge on any atom is -0.496 e. The van der Waals surface area contributed by atoms with E-state index in [9.17, 15) is 0 Å². The van der Waals surface area contributed by atoms with E-state index in [1.807, 2.05) is 12.1 Å². The van der Waals surface area contributed by atoms with Crippen LogP contribution in [0.25, 0.3) is 0 Å². The summed E-state index contributed by atoms with van der Waals surface area (Å²) in [5.74, 6) is 1.51. The highest BCUT2D eigenvalue weighted by molar-refractivity contribution is 5.36. The normalized spacial score (nSPS) is 12.1. The van der Waals surface area contributed by atoms with Crippen LogP contribution >= 0.6 is 0 Å². The number of benzene rings is 2. The number of ether oxygens (including phenoxy) is 1.